The summed E-state index contributed by atoms with van der Waals surface area (Å²) in [5.74, 6) is 2.52. The molecule has 2 fully saturated rings. The number of methoxy groups -OCH3 is 3. The molecule has 5 rings (SSSR count). The molecule has 0 saturated heterocycles. The van der Waals surface area contributed by atoms with Crippen molar-refractivity contribution in [1.82, 2.24) is 5.32 Å². The molecule has 218 valence electrons. The fraction of sp³-hybridized carbons (Fsp3) is 0.636. The average molecular weight is 552 g/mol. The molecule has 6 atom stereocenters. The van der Waals surface area contributed by atoms with Crippen molar-refractivity contribution in [3.8, 4) is 17.2 Å². The van der Waals surface area contributed by atoms with Crippen LogP contribution >= 0.6 is 0 Å². The Bertz CT molecular complexity index is 1240. The number of carbonyl (C=O) groups is 2. The largest absolute Gasteiger partial charge is 0.493 e. The highest BCUT2D eigenvalue weighted by Gasteiger charge is 2.59. The number of rotatable bonds is 7. The summed E-state index contributed by atoms with van der Waals surface area (Å²) in [5.41, 5.74) is 1.99. The highest BCUT2D eigenvalue weighted by molar-refractivity contribution is 5.87. The molecule has 4 aliphatic rings. The highest BCUT2D eigenvalue weighted by atomic mass is 16.5. The first-order valence-corrected chi connectivity index (χ1v) is 14.7. The Morgan fingerprint density at radius 1 is 0.975 bits per heavy atom. The summed E-state index contributed by atoms with van der Waals surface area (Å²) in [4.78, 5) is 25.6. The summed E-state index contributed by atoms with van der Waals surface area (Å²) < 4.78 is 16.6. The lowest BCUT2D eigenvalue weighted by Crippen LogP contribution is -2.52. The van der Waals surface area contributed by atoms with Crippen LogP contribution in [0, 0.1) is 34.5 Å². The zero-order chi connectivity index (χ0) is 29.0. The lowest BCUT2D eigenvalue weighted by atomic mass is 9.48. The quantitative estimate of drug-likeness (QED) is 0.415. The molecule has 1 unspecified atom stereocenters. The number of carboxylic acids is 1. The summed E-state index contributed by atoms with van der Waals surface area (Å²) in [6.07, 6.45) is 10.9. The van der Waals surface area contributed by atoms with Gasteiger partial charge in [0, 0.05) is 11.5 Å². The molecule has 4 aliphatic carbocycles. The van der Waals surface area contributed by atoms with Crippen LogP contribution in [0.5, 0.6) is 17.2 Å². The standard InChI is InChI=1S/C33H45NO6/c1-31(2,21-17-26(38-5)28(40-7)27(18-21)39-6)34-29(35)25-11-10-23-22-9-8-20-16-19(30(36)37)12-14-32(20,3)24(22)13-15-33(23,25)4/h8,16-18,22-25H,9-15H2,1-7H3,(H,34,35)(H,36,37)/t22-,23-,24-,25?,32-,33-/m0/s1. The summed E-state index contributed by atoms with van der Waals surface area (Å²) in [7, 11) is 4.78. The molecular formula is C33H45NO6. The molecule has 0 aliphatic heterocycles. The van der Waals surface area contributed by atoms with Crippen LogP contribution in [0.4, 0.5) is 0 Å². The molecule has 1 amide bonds. The van der Waals surface area contributed by atoms with E-state index in [0.29, 0.717) is 47.0 Å². The minimum Gasteiger partial charge on any atom is -0.493 e. The van der Waals surface area contributed by atoms with Gasteiger partial charge in [0.05, 0.1) is 26.9 Å². The third kappa shape index (κ3) is 4.40. The Hall–Kier alpha value is -2.96. The van der Waals surface area contributed by atoms with E-state index in [1.165, 1.54) is 5.57 Å². The summed E-state index contributed by atoms with van der Waals surface area (Å²) in [5, 5.41) is 12.9. The van der Waals surface area contributed by atoms with Crippen LogP contribution < -0.4 is 19.5 Å². The lowest BCUT2D eigenvalue weighted by Gasteiger charge is -2.57. The molecule has 0 heterocycles. The Kier molecular flexibility index (Phi) is 7.25. The number of ether oxygens (including phenoxy) is 3. The molecule has 0 spiro atoms. The molecule has 2 N–H and O–H groups in total. The van der Waals surface area contributed by atoms with Gasteiger partial charge in [-0.15, -0.1) is 0 Å². The van der Waals surface area contributed by atoms with E-state index in [1.54, 1.807) is 21.3 Å². The molecule has 0 aromatic heterocycles. The van der Waals surface area contributed by atoms with Crippen molar-refractivity contribution in [1.29, 1.82) is 0 Å². The lowest BCUT2D eigenvalue weighted by molar-refractivity contribution is -0.133. The van der Waals surface area contributed by atoms with Crippen molar-refractivity contribution in [2.75, 3.05) is 21.3 Å². The van der Waals surface area contributed by atoms with Gasteiger partial charge in [-0.3, -0.25) is 4.79 Å². The molecule has 7 heteroatoms. The number of carbonyl (C=O) groups excluding carboxylic acids is 1. The highest BCUT2D eigenvalue weighted by Crippen LogP contribution is 2.66. The van der Waals surface area contributed by atoms with E-state index in [-0.39, 0.29) is 22.7 Å². The van der Waals surface area contributed by atoms with Crippen LogP contribution in [0.1, 0.15) is 78.2 Å². The van der Waals surface area contributed by atoms with Gasteiger partial charge in [0.2, 0.25) is 11.7 Å². The van der Waals surface area contributed by atoms with Gasteiger partial charge in [0.25, 0.3) is 0 Å². The summed E-state index contributed by atoms with van der Waals surface area (Å²) in [6, 6.07) is 3.82. The molecule has 0 radical (unpaired) electrons. The monoisotopic (exact) mass is 551 g/mol. The van der Waals surface area contributed by atoms with Crippen LogP contribution in [0.3, 0.4) is 0 Å². The third-order valence-corrected chi connectivity index (χ3v) is 11.2. The van der Waals surface area contributed by atoms with E-state index < -0.39 is 11.5 Å². The molecular weight excluding hydrogens is 506 g/mol. The first-order chi connectivity index (χ1) is 18.9. The first-order valence-electron chi connectivity index (χ1n) is 14.7. The Morgan fingerprint density at radius 3 is 2.25 bits per heavy atom. The predicted molar refractivity (Wildman–Crippen MR) is 154 cm³/mol. The predicted octanol–water partition coefficient (Wildman–Crippen LogP) is 6.26. The number of amides is 1. The third-order valence-electron chi connectivity index (χ3n) is 11.2. The SMILES string of the molecule is COc1cc(C(C)(C)NC(=O)C2CC[C@H]3[C@@H]4CC=C5C=C(C(=O)O)CC[C@]5(C)[C@H]4CC[C@]23C)cc(OC)c1OC. The fourth-order valence-electron chi connectivity index (χ4n) is 8.83. The average Bonchev–Trinajstić information content (AvgIpc) is 3.28. The summed E-state index contributed by atoms with van der Waals surface area (Å²) in [6.45, 7) is 8.75. The van der Waals surface area contributed by atoms with E-state index in [4.69, 9.17) is 14.2 Å². The van der Waals surface area contributed by atoms with Crippen molar-refractivity contribution in [3.05, 3.63) is 41.0 Å². The van der Waals surface area contributed by atoms with Gasteiger partial charge in [0.1, 0.15) is 0 Å². The van der Waals surface area contributed by atoms with Crippen LogP contribution in [0.2, 0.25) is 0 Å². The maximum Gasteiger partial charge on any atom is 0.331 e. The molecule has 1 aromatic carbocycles. The Morgan fingerprint density at radius 2 is 1.65 bits per heavy atom. The maximum absolute atomic E-state index is 14.0. The Balaban J connectivity index is 1.37. The van der Waals surface area contributed by atoms with Crippen molar-refractivity contribution in [2.45, 2.75) is 78.2 Å². The molecule has 40 heavy (non-hydrogen) atoms. The van der Waals surface area contributed by atoms with Gasteiger partial charge in [-0.2, -0.15) is 0 Å². The molecule has 7 nitrogen and oxygen atoms in total. The molecule has 0 bridgehead atoms. The Labute approximate surface area is 238 Å². The zero-order valence-corrected chi connectivity index (χ0v) is 25.1. The first kappa shape index (κ1) is 28.6. The van der Waals surface area contributed by atoms with E-state index in [0.717, 1.165) is 44.1 Å². The second kappa shape index (κ2) is 10.1. The summed E-state index contributed by atoms with van der Waals surface area (Å²) >= 11 is 0. The van der Waals surface area contributed by atoms with Crippen LogP contribution in [0.25, 0.3) is 0 Å². The number of hydrogen-bond acceptors (Lipinski definition) is 5. The van der Waals surface area contributed by atoms with Crippen molar-refractivity contribution < 1.29 is 28.9 Å². The fourth-order valence-corrected chi connectivity index (χ4v) is 8.83. The minimum atomic E-state index is -0.791. The van der Waals surface area contributed by atoms with E-state index in [2.05, 4.69) is 25.2 Å². The molecule has 2 saturated carbocycles. The second-order valence-electron chi connectivity index (χ2n) is 13.4. The zero-order valence-electron chi connectivity index (χ0n) is 25.1. The number of fused-ring (bicyclic) bond motifs is 5. The smallest absolute Gasteiger partial charge is 0.331 e. The van der Waals surface area contributed by atoms with Crippen molar-refractivity contribution >= 4 is 11.9 Å². The minimum absolute atomic E-state index is 0.0258. The number of aliphatic carboxylic acids is 1. The number of allylic oxidation sites excluding steroid dienone is 3. The normalized spacial score (nSPS) is 33.0. The van der Waals surface area contributed by atoms with Gasteiger partial charge in [-0.1, -0.05) is 19.9 Å². The van der Waals surface area contributed by atoms with E-state index in [1.807, 2.05) is 32.1 Å². The van der Waals surface area contributed by atoms with Crippen LogP contribution in [0.15, 0.2) is 35.4 Å². The van der Waals surface area contributed by atoms with Gasteiger partial charge in [-0.25, -0.2) is 4.79 Å². The van der Waals surface area contributed by atoms with Crippen molar-refractivity contribution in [3.63, 3.8) is 0 Å². The second-order valence-corrected chi connectivity index (χ2v) is 13.4. The van der Waals surface area contributed by atoms with E-state index in [9.17, 15) is 14.7 Å². The number of nitrogens with one attached hydrogen (secondary N) is 1. The van der Waals surface area contributed by atoms with Crippen LogP contribution in [-0.4, -0.2) is 38.3 Å². The van der Waals surface area contributed by atoms with Gasteiger partial charge < -0.3 is 24.6 Å². The number of benzene rings is 1. The topological polar surface area (TPSA) is 94.1 Å². The van der Waals surface area contributed by atoms with Gasteiger partial charge >= 0.3 is 5.97 Å². The van der Waals surface area contributed by atoms with Crippen LogP contribution in [-0.2, 0) is 15.1 Å². The van der Waals surface area contributed by atoms with Gasteiger partial charge in [0.15, 0.2) is 11.5 Å². The number of carboxylic acid groups (broad SMARTS) is 1. The maximum atomic E-state index is 14.0. The van der Waals surface area contributed by atoms with Crippen molar-refractivity contribution in [2.24, 2.45) is 34.5 Å². The van der Waals surface area contributed by atoms with Gasteiger partial charge in [-0.05, 0) is 117 Å². The molecule has 1 aromatic rings. The van der Waals surface area contributed by atoms with E-state index >= 15 is 0 Å². The number of hydrogen-bond donors (Lipinski definition) is 2.